The van der Waals surface area contributed by atoms with Crippen LogP contribution in [0.5, 0.6) is 17.2 Å². The molecule has 3 aromatic carbocycles. The van der Waals surface area contributed by atoms with E-state index in [2.05, 4.69) is 5.32 Å². The third kappa shape index (κ3) is 7.28. The maximum atomic E-state index is 13.4. The van der Waals surface area contributed by atoms with Crippen LogP contribution < -0.4 is 14.8 Å². The third-order valence-corrected chi connectivity index (χ3v) is 7.25. The second-order valence-corrected chi connectivity index (χ2v) is 11.2. The minimum atomic E-state index is -0.442. The Morgan fingerprint density at radius 1 is 1.02 bits per heavy atom. The molecule has 3 amide bonds. The van der Waals surface area contributed by atoms with Gasteiger partial charge in [0.2, 0.25) is 5.91 Å². The molecule has 9 nitrogen and oxygen atoms in total. The minimum absolute atomic E-state index is 0.0743. The van der Waals surface area contributed by atoms with Gasteiger partial charge in [0.25, 0.3) is 11.8 Å². The van der Waals surface area contributed by atoms with Gasteiger partial charge in [0, 0.05) is 37.3 Å². The Bertz CT molecular complexity index is 1430. The summed E-state index contributed by atoms with van der Waals surface area (Å²) in [5, 5.41) is 3.06. The van der Waals surface area contributed by atoms with Gasteiger partial charge >= 0.3 is 0 Å². The number of benzene rings is 3. The summed E-state index contributed by atoms with van der Waals surface area (Å²) in [6.45, 7) is 5.51. The lowest BCUT2D eigenvalue weighted by Gasteiger charge is -2.39. The highest BCUT2D eigenvalue weighted by atomic mass is 16.5. The van der Waals surface area contributed by atoms with Crippen molar-refractivity contribution in [2.75, 3.05) is 33.3 Å². The largest absolute Gasteiger partial charge is 0.493 e. The van der Waals surface area contributed by atoms with E-state index in [4.69, 9.17) is 14.2 Å². The van der Waals surface area contributed by atoms with Crippen LogP contribution in [0.25, 0.3) is 0 Å². The summed E-state index contributed by atoms with van der Waals surface area (Å²) in [5.41, 5.74) is 1.84. The Kier molecular flexibility index (Phi) is 9.07. The number of fused-ring (bicyclic) bond motifs is 5. The average molecular weight is 572 g/mol. The normalized spacial score (nSPS) is 19.5. The number of piperidine rings is 1. The van der Waals surface area contributed by atoms with E-state index in [9.17, 15) is 14.4 Å². The molecular formula is C33H37N3O6. The Morgan fingerprint density at radius 3 is 2.62 bits per heavy atom. The second kappa shape index (κ2) is 13.1. The SMILES string of the molecule is CC(C)COc1cc2cc(c1)C(=O)N(C)CC(=O)N[C@H]1CCN(C(=O)c3ccccc3)C[C@@H]1OCc1cccc(c1)O2. The standard InChI is InChI=1S/C33H37N3O6/c1-22(2)20-40-27-15-25-16-28(17-27)42-26-11-7-8-23(14-26)21-41-30-18-36(33(39)24-9-5-4-6-10-24)13-12-29(30)34-31(37)19-35(3)32(25)38/h4-11,14-17,22,29-30H,12-13,18-21H2,1-3H3,(H,34,37)/t29-,30-/m0/s1. The molecule has 0 saturated carbocycles. The molecule has 2 heterocycles. The lowest BCUT2D eigenvalue weighted by Crippen LogP contribution is -2.57. The summed E-state index contributed by atoms with van der Waals surface area (Å²) in [7, 11) is 1.59. The molecule has 0 aliphatic carbocycles. The number of hydrogen-bond donors (Lipinski definition) is 1. The quantitative estimate of drug-likeness (QED) is 0.495. The Morgan fingerprint density at radius 2 is 1.83 bits per heavy atom. The van der Waals surface area contributed by atoms with Crippen LogP contribution in [0.15, 0.2) is 72.8 Å². The fourth-order valence-corrected chi connectivity index (χ4v) is 5.10. The summed E-state index contributed by atoms with van der Waals surface area (Å²) in [6.07, 6.45) is 0.0798. The number of ether oxygens (including phenoxy) is 3. The zero-order chi connectivity index (χ0) is 29.6. The third-order valence-electron chi connectivity index (χ3n) is 7.25. The number of nitrogens with one attached hydrogen (secondary N) is 1. The molecule has 4 bridgehead atoms. The van der Waals surface area contributed by atoms with Gasteiger partial charge in [0.05, 0.1) is 31.9 Å². The molecule has 0 spiro atoms. The fraction of sp³-hybridized carbons (Fsp3) is 0.364. The van der Waals surface area contributed by atoms with Gasteiger partial charge in [-0.25, -0.2) is 0 Å². The van der Waals surface area contributed by atoms with Crippen molar-refractivity contribution in [2.45, 2.75) is 39.0 Å². The second-order valence-electron chi connectivity index (χ2n) is 11.2. The van der Waals surface area contributed by atoms with Crippen molar-refractivity contribution in [3.05, 3.63) is 89.5 Å². The fourth-order valence-electron chi connectivity index (χ4n) is 5.10. The first-order chi connectivity index (χ1) is 20.2. The summed E-state index contributed by atoms with van der Waals surface area (Å²) in [5.74, 6) is 1.15. The van der Waals surface area contributed by atoms with Crippen LogP contribution in [-0.4, -0.2) is 73.0 Å². The summed E-state index contributed by atoms with van der Waals surface area (Å²) in [4.78, 5) is 42.9. The van der Waals surface area contributed by atoms with E-state index in [1.165, 1.54) is 4.90 Å². The lowest BCUT2D eigenvalue weighted by molar-refractivity contribution is -0.124. The average Bonchev–Trinajstić information content (AvgIpc) is 2.98. The lowest BCUT2D eigenvalue weighted by atomic mass is 10.00. The molecule has 2 aliphatic rings. The van der Waals surface area contributed by atoms with E-state index in [-0.39, 0.29) is 36.9 Å². The number of amides is 3. The van der Waals surface area contributed by atoms with Gasteiger partial charge in [-0.2, -0.15) is 0 Å². The Labute approximate surface area is 246 Å². The smallest absolute Gasteiger partial charge is 0.254 e. The van der Waals surface area contributed by atoms with Crippen molar-refractivity contribution in [1.82, 2.24) is 15.1 Å². The van der Waals surface area contributed by atoms with E-state index in [0.29, 0.717) is 60.4 Å². The molecule has 0 radical (unpaired) electrons. The first-order valence-corrected chi connectivity index (χ1v) is 14.3. The molecule has 2 aliphatic heterocycles. The minimum Gasteiger partial charge on any atom is -0.493 e. The van der Waals surface area contributed by atoms with Gasteiger partial charge in [-0.1, -0.05) is 44.2 Å². The first kappa shape index (κ1) is 29.1. The molecule has 0 aromatic heterocycles. The molecule has 5 rings (SSSR count). The van der Waals surface area contributed by atoms with E-state index >= 15 is 0 Å². The highest BCUT2D eigenvalue weighted by molar-refractivity contribution is 5.97. The number of rotatable bonds is 4. The van der Waals surface area contributed by atoms with Crippen LogP contribution in [0.1, 0.15) is 46.5 Å². The predicted molar refractivity (Wildman–Crippen MR) is 158 cm³/mol. The first-order valence-electron chi connectivity index (χ1n) is 14.3. The number of likely N-dealkylation sites (tertiary alicyclic amines) is 1. The molecule has 220 valence electrons. The van der Waals surface area contributed by atoms with Gasteiger partial charge in [0.1, 0.15) is 17.2 Å². The Balaban J connectivity index is 1.42. The zero-order valence-corrected chi connectivity index (χ0v) is 24.2. The molecule has 1 fully saturated rings. The predicted octanol–water partition coefficient (Wildman–Crippen LogP) is 4.52. The zero-order valence-electron chi connectivity index (χ0n) is 24.2. The molecule has 0 unspecified atom stereocenters. The van der Waals surface area contributed by atoms with Crippen molar-refractivity contribution in [1.29, 1.82) is 0 Å². The summed E-state index contributed by atoms with van der Waals surface area (Å²) in [6, 6.07) is 21.4. The van der Waals surface area contributed by atoms with Crippen LogP contribution in [0.4, 0.5) is 0 Å². The molecule has 1 N–H and O–H groups in total. The topological polar surface area (TPSA) is 97.4 Å². The number of likely N-dealkylation sites (N-methyl/N-ethyl adjacent to an activating group) is 1. The van der Waals surface area contributed by atoms with Crippen LogP contribution in [0, 0.1) is 5.92 Å². The van der Waals surface area contributed by atoms with Crippen molar-refractivity contribution in [3.63, 3.8) is 0 Å². The van der Waals surface area contributed by atoms with E-state index < -0.39 is 6.10 Å². The number of carbonyl (C=O) groups is 3. The van der Waals surface area contributed by atoms with E-state index in [1.807, 2.05) is 56.3 Å². The van der Waals surface area contributed by atoms with Gasteiger partial charge in [-0.05, 0) is 54.3 Å². The van der Waals surface area contributed by atoms with Crippen LogP contribution >= 0.6 is 0 Å². The van der Waals surface area contributed by atoms with Gasteiger partial charge in [0.15, 0.2) is 0 Å². The molecule has 1 saturated heterocycles. The van der Waals surface area contributed by atoms with Crippen LogP contribution in [0.3, 0.4) is 0 Å². The van der Waals surface area contributed by atoms with Crippen molar-refractivity contribution < 1.29 is 28.6 Å². The Hall–Kier alpha value is -4.37. The van der Waals surface area contributed by atoms with Gasteiger partial charge in [-0.3, -0.25) is 14.4 Å². The number of carbonyl (C=O) groups excluding carboxylic acids is 3. The van der Waals surface area contributed by atoms with Gasteiger partial charge < -0.3 is 29.3 Å². The van der Waals surface area contributed by atoms with Crippen molar-refractivity contribution >= 4 is 17.7 Å². The highest BCUT2D eigenvalue weighted by Crippen LogP contribution is 2.30. The molecular weight excluding hydrogens is 534 g/mol. The van der Waals surface area contributed by atoms with Crippen molar-refractivity contribution in [3.8, 4) is 17.2 Å². The highest BCUT2D eigenvalue weighted by Gasteiger charge is 2.34. The maximum Gasteiger partial charge on any atom is 0.254 e. The van der Waals surface area contributed by atoms with Gasteiger partial charge in [-0.15, -0.1) is 0 Å². The van der Waals surface area contributed by atoms with Crippen LogP contribution in [0.2, 0.25) is 0 Å². The number of nitrogens with zero attached hydrogens (tertiary/aromatic N) is 2. The monoisotopic (exact) mass is 571 g/mol. The summed E-state index contributed by atoms with van der Waals surface area (Å²) < 4.78 is 18.5. The van der Waals surface area contributed by atoms with E-state index in [1.54, 1.807) is 42.3 Å². The number of hydrogen-bond acceptors (Lipinski definition) is 6. The molecule has 2 atom stereocenters. The molecule has 9 heteroatoms. The van der Waals surface area contributed by atoms with E-state index in [0.717, 1.165) is 5.56 Å². The maximum absolute atomic E-state index is 13.4. The van der Waals surface area contributed by atoms with Crippen molar-refractivity contribution in [2.24, 2.45) is 5.92 Å². The molecule has 42 heavy (non-hydrogen) atoms. The molecule has 3 aromatic rings. The summed E-state index contributed by atoms with van der Waals surface area (Å²) >= 11 is 0. The van der Waals surface area contributed by atoms with Crippen LogP contribution in [-0.2, 0) is 16.1 Å².